The van der Waals surface area contributed by atoms with E-state index < -0.39 is 0 Å². The van der Waals surface area contributed by atoms with Gasteiger partial charge in [0.05, 0.1) is 30.9 Å². The van der Waals surface area contributed by atoms with Crippen molar-refractivity contribution >= 4 is 28.2 Å². The highest BCUT2D eigenvalue weighted by molar-refractivity contribution is 7.80. The third-order valence-corrected chi connectivity index (χ3v) is 5.76. The minimum atomic E-state index is -0.106. The van der Waals surface area contributed by atoms with Crippen LogP contribution in [0.1, 0.15) is 35.4 Å². The van der Waals surface area contributed by atoms with Crippen molar-refractivity contribution in [3.63, 3.8) is 0 Å². The van der Waals surface area contributed by atoms with Crippen molar-refractivity contribution in [3.05, 3.63) is 106 Å². The Hall–Kier alpha value is -3.38. The second-order valence-corrected chi connectivity index (χ2v) is 8.07. The summed E-state index contributed by atoms with van der Waals surface area (Å²) in [7, 11) is 0. The highest BCUT2D eigenvalue weighted by Gasteiger charge is 2.17. The van der Waals surface area contributed by atoms with Gasteiger partial charge in [0.25, 0.3) is 5.56 Å². The molecule has 6 heteroatoms. The Labute approximate surface area is 186 Å². The molecule has 0 aliphatic rings. The van der Waals surface area contributed by atoms with E-state index in [2.05, 4.69) is 29.4 Å². The van der Waals surface area contributed by atoms with Gasteiger partial charge in [0.1, 0.15) is 5.76 Å². The summed E-state index contributed by atoms with van der Waals surface area (Å²) < 4.78 is 5.54. The number of aromatic amines is 1. The van der Waals surface area contributed by atoms with Crippen LogP contribution >= 0.6 is 12.2 Å². The molecular formula is C25H25N3O2S. The Kier molecular flexibility index (Phi) is 6.18. The van der Waals surface area contributed by atoms with Crippen LogP contribution in [0.5, 0.6) is 0 Å². The number of H-pyrrole nitrogens is 1. The molecule has 0 aliphatic heterocycles. The molecule has 4 rings (SSSR count). The van der Waals surface area contributed by atoms with E-state index in [0.717, 1.165) is 27.8 Å². The lowest BCUT2D eigenvalue weighted by Crippen LogP contribution is -2.41. The maximum absolute atomic E-state index is 12.8. The zero-order chi connectivity index (χ0) is 21.8. The SMILES string of the molecule is Cc1cccc2cc(CN(Cc3ccco3)C(=S)N[C@@H](C)c3ccccc3)c(=O)[nH]c12. The number of nitrogens with one attached hydrogen (secondary N) is 2. The van der Waals surface area contributed by atoms with Crippen LogP contribution in [0.4, 0.5) is 0 Å². The van der Waals surface area contributed by atoms with Crippen molar-refractivity contribution in [2.45, 2.75) is 33.0 Å². The highest BCUT2D eigenvalue weighted by atomic mass is 32.1. The molecule has 0 fully saturated rings. The van der Waals surface area contributed by atoms with Crippen LogP contribution in [0.25, 0.3) is 10.9 Å². The molecule has 0 unspecified atom stereocenters. The van der Waals surface area contributed by atoms with Crippen molar-refractivity contribution in [1.82, 2.24) is 15.2 Å². The minimum Gasteiger partial charge on any atom is -0.467 e. The third-order valence-electron chi connectivity index (χ3n) is 5.38. The summed E-state index contributed by atoms with van der Waals surface area (Å²) in [6.07, 6.45) is 1.64. The Bertz CT molecular complexity index is 1230. The predicted octanol–water partition coefficient (Wildman–Crippen LogP) is 5.07. The average molecular weight is 432 g/mol. The molecule has 2 aromatic carbocycles. The minimum absolute atomic E-state index is 0.0327. The molecule has 0 saturated heterocycles. The molecule has 0 amide bonds. The first-order valence-electron chi connectivity index (χ1n) is 10.3. The van der Waals surface area contributed by atoms with E-state index in [9.17, 15) is 4.79 Å². The number of hydrogen-bond acceptors (Lipinski definition) is 3. The van der Waals surface area contributed by atoms with Gasteiger partial charge in [-0.25, -0.2) is 0 Å². The lowest BCUT2D eigenvalue weighted by atomic mass is 10.1. The molecule has 0 saturated carbocycles. The maximum atomic E-state index is 12.8. The Morgan fingerprint density at radius 1 is 1.10 bits per heavy atom. The second kappa shape index (κ2) is 9.18. The second-order valence-electron chi connectivity index (χ2n) is 7.68. The topological polar surface area (TPSA) is 61.3 Å². The van der Waals surface area contributed by atoms with Crippen LogP contribution in [-0.2, 0) is 13.1 Å². The molecule has 1 atom stereocenters. The van der Waals surface area contributed by atoms with Gasteiger partial charge in [-0.3, -0.25) is 4.79 Å². The van der Waals surface area contributed by atoms with Gasteiger partial charge in [-0.2, -0.15) is 0 Å². The van der Waals surface area contributed by atoms with Gasteiger partial charge < -0.3 is 19.6 Å². The van der Waals surface area contributed by atoms with Gasteiger partial charge in [-0.1, -0.05) is 48.5 Å². The maximum Gasteiger partial charge on any atom is 0.253 e. The summed E-state index contributed by atoms with van der Waals surface area (Å²) in [4.78, 5) is 17.8. The molecule has 2 aromatic heterocycles. The van der Waals surface area contributed by atoms with Crippen LogP contribution < -0.4 is 10.9 Å². The Morgan fingerprint density at radius 2 is 1.90 bits per heavy atom. The van der Waals surface area contributed by atoms with Gasteiger partial charge in [-0.05, 0) is 60.8 Å². The van der Waals surface area contributed by atoms with Crippen LogP contribution in [-0.4, -0.2) is 15.0 Å². The lowest BCUT2D eigenvalue weighted by Gasteiger charge is -2.27. The molecule has 5 nitrogen and oxygen atoms in total. The number of pyridine rings is 1. The van der Waals surface area contributed by atoms with E-state index in [1.54, 1.807) is 6.26 Å². The molecule has 4 aromatic rings. The highest BCUT2D eigenvalue weighted by Crippen LogP contribution is 2.18. The number of nitrogens with zero attached hydrogens (tertiary/aromatic N) is 1. The monoisotopic (exact) mass is 431 g/mol. The number of furan rings is 1. The van der Waals surface area contributed by atoms with Gasteiger partial charge in [-0.15, -0.1) is 0 Å². The van der Waals surface area contributed by atoms with Crippen LogP contribution in [0.15, 0.2) is 82.2 Å². The van der Waals surface area contributed by atoms with Crippen LogP contribution in [0.2, 0.25) is 0 Å². The zero-order valence-electron chi connectivity index (χ0n) is 17.6. The lowest BCUT2D eigenvalue weighted by molar-refractivity contribution is 0.347. The number of benzene rings is 2. The van der Waals surface area contributed by atoms with Gasteiger partial charge in [0, 0.05) is 5.56 Å². The summed E-state index contributed by atoms with van der Waals surface area (Å²) in [5, 5.41) is 4.97. The number of hydrogen-bond donors (Lipinski definition) is 2. The van der Waals surface area contributed by atoms with E-state index in [-0.39, 0.29) is 11.6 Å². The third kappa shape index (κ3) is 4.86. The average Bonchev–Trinajstić information content (AvgIpc) is 3.28. The number of rotatable bonds is 6. The number of thiocarbonyl (C=S) groups is 1. The smallest absolute Gasteiger partial charge is 0.253 e. The summed E-state index contributed by atoms with van der Waals surface area (Å²) in [6.45, 7) is 4.89. The van der Waals surface area contributed by atoms with Gasteiger partial charge in [0.15, 0.2) is 5.11 Å². The molecule has 31 heavy (non-hydrogen) atoms. The van der Waals surface area contributed by atoms with Crippen molar-refractivity contribution < 1.29 is 4.42 Å². The number of para-hydroxylation sites is 1. The fourth-order valence-corrected chi connectivity index (χ4v) is 3.95. The standard InChI is InChI=1S/C25H25N3O2S/c1-17-8-6-11-20-14-21(24(29)27-23(17)20)15-28(16-22-12-7-13-30-22)25(31)26-18(2)19-9-4-3-5-10-19/h3-14,18H,15-16H2,1-2H3,(H,26,31)(H,27,29)/t18-/m0/s1. The van der Waals surface area contributed by atoms with E-state index in [4.69, 9.17) is 16.6 Å². The van der Waals surface area contributed by atoms with Crippen molar-refractivity contribution in [3.8, 4) is 0 Å². The largest absolute Gasteiger partial charge is 0.467 e. The Balaban J connectivity index is 1.61. The first-order chi connectivity index (χ1) is 15.0. The number of aromatic nitrogens is 1. The van der Waals surface area contributed by atoms with Gasteiger partial charge >= 0.3 is 0 Å². The molecule has 0 spiro atoms. The van der Waals surface area contributed by atoms with Gasteiger partial charge in [0.2, 0.25) is 0 Å². The molecule has 0 bridgehead atoms. The quantitative estimate of drug-likeness (QED) is 0.418. The summed E-state index contributed by atoms with van der Waals surface area (Å²) in [5.41, 5.74) is 3.60. The molecular weight excluding hydrogens is 406 g/mol. The van der Waals surface area contributed by atoms with Crippen LogP contribution in [0.3, 0.4) is 0 Å². The van der Waals surface area contributed by atoms with Crippen molar-refractivity contribution in [1.29, 1.82) is 0 Å². The van der Waals surface area contributed by atoms with E-state index in [1.165, 1.54) is 0 Å². The predicted molar refractivity (Wildman–Crippen MR) is 128 cm³/mol. The van der Waals surface area contributed by atoms with Crippen molar-refractivity contribution in [2.24, 2.45) is 0 Å². The zero-order valence-corrected chi connectivity index (χ0v) is 18.4. The van der Waals surface area contributed by atoms with E-state index in [0.29, 0.717) is 23.8 Å². The Morgan fingerprint density at radius 3 is 2.65 bits per heavy atom. The molecule has 2 heterocycles. The van der Waals surface area contributed by atoms with Crippen LogP contribution in [0, 0.1) is 6.92 Å². The van der Waals surface area contributed by atoms with E-state index in [1.807, 2.05) is 66.4 Å². The summed E-state index contributed by atoms with van der Waals surface area (Å²) in [6, 6.07) is 21.9. The number of aryl methyl sites for hydroxylation is 1. The molecule has 0 aliphatic carbocycles. The normalized spacial score (nSPS) is 11.9. The first kappa shape index (κ1) is 20.9. The molecule has 158 valence electrons. The van der Waals surface area contributed by atoms with E-state index >= 15 is 0 Å². The number of fused-ring (bicyclic) bond motifs is 1. The molecule has 0 radical (unpaired) electrons. The summed E-state index contributed by atoms with van der Waals surface area (Å²) >= 11 is 5.74. The molecule has 2 N–H and O–H groups in total. The summed E-state index contributed by atoms with van der Waals surface area (Å²) in [5.74, 6) is 0.782. The fourth-order valence-electron chi connectivity index (χ4n) is 3.64. The fraction of sp³-hybridized carbons (Fsp3) is 0.200. The first-order valence-corrected chi connectivity index (χ1v) is 10.7. The van der Waals surface area contributed by atoms with Crippen molar-refractivity contribution in [2.75, 3.05) is 0 Å².